The van der Waals surface area contributed by atoms with Crippen molar-refractivity contribution in [3.63, 3.8) is 0 Å². The monoisotopic (exact) mass is 426 g/mol. The highest BCUT2D eigenvalue weighted by atomic mass is 16.6. The largest absolute Gasteiger partial charge is 0.493 e. The molecule has 164 valence electrons. The van der Waals surface area contributed by atoms with E-state index in [1.54, 1.807) is 49.3 Å². The zero-order chi connectivity index (χ0) is 22.0. The SMILES string of the molecule is COc1ccc(N2CC(C(=O)N(C)Cc3ccc4c(c3)OCCO4)CC2=O)cc1OC. The van der Waals surface area contributed by atoms with Crippen molar-refractivity contribution in [2.75, 3.05) is 45.9 Å². The minimum Gasteiger partial charge on any atom is -0.493 e. The summed E-state index contributed by atoms with van der Waals surface area (Å²) in [4.78, 5) is 29.0. The highest BCUT2D eigenvalue weighted by molar-refractivity contribution is 6.00. The maximum atomic E-state index is 13.0. The first-order valence-electron chi connectivity index (χ1n) is 10.2. The van der Waals surface area contributed by atoms with E-state index in [0.29, 0.717) is 49.2 Å². The fourth-order valence-corrected chi connectivity index (χ4v) is 3.96. The molecule has 0 saturated carbocycles. The van der Waals surface area contributed by atoms with Gasteiger partial charge in [-0.25, -0.2) is 0 Å². The van der Waals surface area contributed by atoms with Crippen molar-refractivity contribution in [3.05, 3.63) is 42.0 Å². The first-order valence-corrected chi connectivity index (χ1v) is 10.2. The molecule has 2 aromatic carbocycles. The van der Waals surface area contributed by atoms with Crippen molar-refractivity contribution >= 4 is 17.5 Å². The van der Waals surface area contributed by atoms with E-state index in [-0.39, 0.29) is 18.2 Å². The second-order valence-electron chi connectivity index (χ2n) is 7.62. The first kappa shape index (κ1) is 20.8. The summed E-state index contributed by atoms with van der Waals surface area (Å²) in [6.45, 7) is 1.81. The molecule has 0 aromatic heterocycles. The number of carbonyl (C=O) groups excluding carboxylic acids is 2. The molecule has 1 saturated heterocycles. The highest BCUT2D eigenvalue weighted by Gasteiger charge is 2.36. The third-order valence-electron chi connectivity index (χ3n) is 5.56. The number of fused-ring (bicyclic) bond motifs is 1. The number of anilines is 1. The second kappa shape index (κ2) is 8.75. The molecule has 4 rings (SSSR count). The molecule has 0 spiro atoms. The molecule has 31 heavy (non-hydrogen) atoms. The van der Waals surface area contributed by atoms with Crippen LogP contribution in [0.15, 0.2) is 36.4 Å². The molecule has 0 bridgehead atoms. The molecule has 1 fully saturated rings. The van der Waals surface area contributed by atoms with Gasteiger partial charge in [0.2, 0.25) is 11.8 Å². The van der Waals surface area contributed by atoms with E-state index in [0.717, 1.165) is 11.3 Å². The molecular formula is C23H26N2O6. The summed E-state index contributed by atoms with van der Waals surface area (Å²) in [5.41, 5.74) is 1.63. The van der Waals surface area contributed by atoms with Crippen molar-refractivity contribution in [1.29, 1.82) is 0 Å². The maximum absolute atomic E-state index is 13.0. The average molecular weight is 426 g/mol. The Morgan fingerprint density at radius 3 is 2.55 bits per heavy atom. The van der Waals surface area contributed by atoms with Crippen LogP contribution < -0.4 is 23.8 Å². The predicted octanol–water partition coefficient (Wildman–Crippen LogP) is 2.49. The Labute approximate surface area is 181 Å². The minimum atomic E-state index is -0.400. The van der Waals surface area contributed by atoms with Gasteiger partial charge >= 0.3 is 0 Å². The fraction of sp³-hybridized carbons (Fsp3) is 0.391. The molecule has 1 atom stereocenters. The fourth-order valence-electron chi connectivity index (χ4n) is 3.96. The molecule has 2 amide bonds. The molecule has 2 aromatic rings. The summed E-state index contributed by atoms with van der Waals surface area (Å²) in [5.74, 6) is 1.99. The number of benzene rings is 2. The molecule has 0 radical (unpaired) electrons. The van der Waals surface area contributed by atoms with E-state index >= 15 is 0 Å². The van der Waals surface area contributed by atoms with Crippen LogP contribution in [0.4, 0.5) is 5.69 Å². The Morgan fingerprint density at radius 1 is 1.06 bits per heavy atom. The number of nitrogens with zero attached hydrogens (tertiary/aromatic N) is 2. The lowest BCUT2D eigenvalue weighted by atomic mass is 10.1. The lowest BCUT2D eigenvalue weighted by Crippen LogP contribution is -2.34. The van der Waals surface area contributed by atoms with Crippen molar-refractivity contribution in [2.24, 2.45) is 5.92 Å². The summed E-state index contributed by atoms with van der Waals surface area (Å²) >= 11 is 0. The van der Waals surface area contributed by atoms with Gasteiger partial charge in [-0.2, -0.15) is 0 Å². The number of methoxy groups -OCH3 is 2. The van der Waals surface area contributed by atoms with Gasteiger partial charge in [0.25, 0.3) is 0 Å². The Balaban J connectivity index is 1.43. The van der Waals surface area contributed by atoms with Crippen LogP contribution in [-0.4, -0.2) is 57.7 Å². The van der Waals surface area contributed by atoms with Gasteiger partial charge in [-0.15, -0.1) is 0 Å². The van der Waals surface area contributed by atoms with Gasteiger partial charge in [-0.3, -0.25) is 9.59 Å². The Kier molecular flexibility index (Phi) is 5.88. The molecule has 2 aliphatic heterocycles. The van der Waals surface area contributed by atoms with E-state index in [1.165, 1.54) is 0 Å². The van der Waals surface area contributed by atoms with E-state index in [1.807, 2.05) is 18.2 Å². The molecule has 1 unspecified atom stereocenters. The van der Waals surface area contributed by atoms with Crippen LogP contribution >= 0.6 is 0 Å². The topological polar surface area (TPSA) is 77.5 Å². The van der Waals surface area contributed by atoms with Gasteiger partial charge < -0.3 is 28.7 Å². The number of hydrogen-bond donors (Lipinski definition) is 0. The van der Waals surface area contributed by atoms with Crippen LogP contribution in [0, 0.1) is 5.92 Å². The summed E-state index contributed by atoms with van der Waals surface area (Å²) in [5, 5.41) is 0. The van der Waals surface area contributed by atoms with Crippen molar-refractivity contribution in [3.8, 4) is 23.0 Å². The Bertz CT molecular complexity index is 992. The van der Waals surface area contributed by atoms with E-state index in [9.17, 15) is 9.59 Å². The maximum Gasteiger partial charge on any atom is 0.228 e. The Morgan fingerprint density at radius 2 is 1.81 bits per heavy atom. The third kappa shape index (κ3) is 4.23. The predicted molar refractivity (Wildman–Crippen MR) is 114 cm³/mol. The quantitative estimate of drug-likeness (QED) is 0.706. The van der Waals surface area contributed by atoms with Crippen LogP contribution in [0.25, 0.3) is 0 Å². The lowest BCUT2D eigenvalue weighted by Gasteiger charge is -2.23. The van der Waals surface area contributed by atoms with Crippen LogP contribution in [0.1, 0.15) is 12.0 Å². The van der Waals surface area contributed by atoms with Gasteiger partial charge in [0, 0.05) is 38.3 Å². The summed E-state index contributed by atoms with van der Waals surface area (Å²) < 4.78 is 21.8. The number of ether oxygens (including phenoxy) is 4. The second-order valence-corrected chi connectivity index (χ2v) is 7.62. The first-order chi connectivity index (χ1) is 15.0. The van der Waals surface area contributed by atoms with Crippen molar-refractivity contribution < 1.29 is 28.5 Å². The lowest BCUT2D eigenvalue weighted by molar-refractivity contribution is -0.135. The van der Waals surface area contributed by atoms with Gasteiger partial charge in [0.15, 0.2) is 23.0 Å². The standard InChI is InChI=1S/C23H26N2O6/c1-24(13-15-4-6-19-21(10-15)31-9-8-30-19)23(27)16-11-22(26)25(14-16)17-5-7-18(28-2)20(12-17)29-3/h4-7,10,12,16H,8-9,11,13-14H2,1-3H3. The minimum absolute atomic E-state index is 0.0637. The Hall–Kier alpha value is -3.42. The molecule has 0 N–H and O–H groups in total. The van der Waals surface area contributed by atoms with E-state index in [2.05, 4.69) is 0 Å². The van der Waals surface area contributed by atoms with Gasteiger partial charge in [0.05, 0.1) is 20.1 Å². The molecular weight excluding hydrogens is 400 g/mol. The zero-order valence-electron chi connectivity index (χ0n) is 17.9. The molecule has 2 heterocycles. The summed E-state index contributed by atoms with van der Waals surface area (Å²) in [7, 11) is 4.86. The van der Waals surface area contributed by atoms with E-state index in [4.69, 9.17) is 18.9 Å². The normalized spacial score (nSPS) is 17.5. The van der Waals surface area contributed by atoms with Crippen LogP contribution in [0.2, 0.25) is 0 Å². The molecule has 2 aliphatic rings. The number of amides is 2. The van der Waals surface area contributed by atoms with Crippen LogP contribution in [-0.2, 0) is 16.1 Å². The summed E-state index contributed by atoms with van der Waals surface area (Å²) in [6, 6.07) is 11.0. The summed E-state index contributed by atoms with van der Waals surface area (Å²) in [6.07, 6.45) is 0.179. The molecule has 8 heteroatoms. The van der Waals surface area contributed by atoms with Gasteiger partial charge in [-0.05, 0) is 29.8 Å². The highest BCUT2D eigenvalue weighted by Crippen LogP contribution is 2.35. The van der Waals surface area contributed by atoms with Crippen LogP contribution in [0.5, 0.6) is 23.0 Å². The van der Waals surface area contributed by atoms with Crippen LogP contribution in [0.3, 0.4) is 0 Å². The number of rotatable bonds is 6. The zero-order valence-corrected chi connectivity index (χ0v) is 17.9. The molecule has 0 aliphatic carbocycles. The number of carbonyl (C=O) groups is 2. The van der Waals surface area contributed by atoms with E-state index < -0.39 is 5.92 Å². The molecule has 8 nitrogen and oxygen atoms in total. The average Bonchev–Trinajstić information content (AvgIpc) is 3.19. The third-order valence-corrected chi connectivity index (χ3v) is 5.56. The number of hydrogen-bond acceptors (Lipinski definition) is 6. The smallest absolute Gasteiger partial charge is 0.228 e. The van der Waals surface area contributed by atoms with Crippen molar-refractivity contribution in [2.45, 2.75) is 13.0 Å². The van der Waals surface area contributed by atoms with Gasteiger partial charge in [0.1, 0.15) is 13.2 Å². The van der Waals surface area contributed by atoms with Crippen molar-refractivity contribution in [1.82, 2.24) is 4.90 Å². The van der Waals surface area contributed by atoms with Gasteiger partial charge in [-0.1, -0.05) is 6.07 Å².